The lowest BCUT2D eigenvalue weighted by Crippen LogP contribution is -2.89. The van der Waals surface area contributed by atoms with Crippen LogP contribution in [0.2, 0.25) is 0 Å². The van der Waals surface area contributed by atoms with E-state index < -0.39 is 5.97 Å². The number of nitrogens with zero attached hydrogens (tertiary/aromatic N) is 1. The van der Waals surface area contributed by atoms with Gasteiger partial charge in [-0.3, -0.25) is 9.59 Å². The highest BCUT2D eigenvalue weighted by molar-refractivity contribution is 6.03. The Morgan fingerprint density at radius 1 is 1.13 bits per heavy atom. The number of nitrogens with two attached hydrogens (primary N) is 1. The van der Waals surface area contributed by atoms with E-state index in [0.717, 1.165) is 58.1 Å². The molecule has 2 aromatic carbocycles. The SMILES string of the molecule is CCNc1cc2c(cc1C)C(c1ccccc1C(=O)N(C)CCCC(=O)O)=C1C=C(C)C([NH2+]CC)C=C1O2. The molecule has 0 bridgehead atoms. The van der Waals surface area contributed by atoms with Crippen LogP contribution < -0.4 is 15.4 Å². The number of fused-ring (bicyclic) bond motifs is 2. The Balaban J connectivity index is 1.88. The summed E-state index contributed by atoms with van der Waals surface area (Å²) in [4.78, 5) is 26.2. The molecular formula is C31H38N3O4+. The topological polar surface area (TPSA) is 95.5 Å². The number of nitrogens with one attached hydrogen (secondary N) is 1. The van der Waals surface area contributed by atoms with Crippen LogP contribution >= 0.6 is 0 Å². The average molecular weight is 517 g/mol. The summed E-state index contributed by atoms with van der Waals surface area (Å²) in [7, 11) is 1.73. The van der Waals surface area contributed by atoms with Crippen LogP contribution in [-0.4, -0.2) is 54.6 Å². The van der Waals surface area contributed by atoms with Gasteiger partial charge in [0.15, 0.2) is 0 Å². The number of ether oxygens (including phenoxy) is 1. The molecule has 38 heavy (non-hydrogen) atoms. The van der Waals surface area contributed by atoms with Gasteiger partial charge in [0.25, 0.3) is 5.91 Å². The standard InChI is InChI=1S/C31H37N3O4/c1-6-32-25-17-27-23(15-19(25)3)30(24-16-20(4)26(33-7-2)18-28(24)38-27)21-11-8-9-12-22(21)31(37)34(5)14-10-13-29(35)36/h8-9,11-12,15-18,25,32-33H,6-7,10,13-14H2,1-5H3,(H,35,36)/p+1. The fraction of sp³-hybridized carbons (Fsp3) is 0.355. The Hall–Kier alpha value is -3.84. The minimum Gasteiger partial charge on any atom is -0.481 e. The molecule has 1 amide bonds. The van der Waals surface area contributed by atoms with E-state index in [1.807, 2.05) is 24.3 Å². The number of carboxylic acid groups (broad SMARTS) is 1. The number of amides is 1. The van der Waals surface area contributed by atoms with Gasteiger partial charge in [-0.15, -0.1) is 0 Å². The molecule has 0 fully saturated rings. The van der Waals surface area contributed by atoms with E-state index in [9.17, 15) is 9.59 Å². The lowest BCUT2D eigenvalue weighted by atomic mass is 9.83. The van der Waals surface area contributed by atoms with Gasteiger partial charge in [-0.2, -0.15) is 0 Å². The summed E-state index contributed by atoms with van der Waals surface area (Å²) in [6, 6.07) is 12.1. The molecule has 0 saturated carbocycles. The second-order valence-electron chi connectivity index (χ2n) is 9.94. The molecule has 0 saturated heterocycles. The van der Waals surface area contributed by atoms with Gasteiger partial charge in [-0.1, -0.05) is 18.2 Å². The highest BCUT2D eigenvalue weighted by Gasteiger charge is 2.32. The molecule has 1 heterocycles. The summed E-state index contributed by atoms with van der Waals surface area (Å²) < 4.78 is 6.53. The van der Waals surface area contributed by atoms with Crippen LogP contribution in [0, 0.1) is 6.92 Å². The molecule has 1 aliphatic heterocycles. The number of aryl methyl sites for hydroxylation is 1. The highest BCUT2D eigenvalue weighted by atomic mass is 16.5. The number of allylic oxidation sites excluding steroid dienone is 1. The van der Waals surface area contributed by atoms with Crippen LogP contribution in [0.25, 0.3) is 5.57 Å². The van der Waals surface area contributed by atoms with Crippen molar-refractivity contribution in [3.8, 4) is 5.75 Å². The van der Waals surface area contributed by atoms with Crippen LogP contribution in [0.3, 0.4) is 0 Å². The molecule has 0 radical (unpaired) electrons. The zero-order valence-electron chi connectivity index (χ0n) is 22.9. The maximum atomic E-state index is 13.6. The molecule has 4 N–H and O–H groups in total. The largest absolute Gasteiger partial charge is 0.481 e. The Morgan fingerprint density at radius 3 is 2.61 bits per heavy atom. The number of likely N-dealkylation sites (N-methyl/N-ethyl adjacent to an activating group) is 1. The third kappa shape index (κ3) is 5.53. The van der Waals surface area contributed by atoms with E-state index in [2.05, 4.69) is 62.6 Å². The first-order valence-corrected chi connectivity index (χ1v) is 13.4. The molecule has 1 unspecified atom stereocenters. The Bertz CT molecular complexity index is 1340. The van der Waals surface area contributed by atoms with E-state index in [-0.39, 0.29) is 18.4 Å². The molecule has 2 aliphatic rings. The van der Waals surface area contributed by atoms with Crippen molar-refractivity contribution in [3.63, 3.8) is 0 Å². The zero-order valence-corrected chi connectivity index (χ0v) is 22.9. The number of carboxylic acids is 1. The quantitative estimate of drug-likeness (QED) is 0.436. The van der Waals surface area contributed by atoms with Gasteiger partial charge < -0.3 is 25.4 Å². The summed E-state index contributed by atoms with van der Waals surface area (Å²) in [6.07, 6.45) is 4.80. The van der Waals surface area contributed by atoms with Crippen molar-refractivity contribution in [2.75, 3.05) is 32.0 Å². The van der Waals surface area contributed by atoms with Crippen LogP contribution in [0.1, 0.15) is 60.7 Å². The van der Waals surface area contributed by atoms with Crippen molar-refractivity contribution in [2.45, 2.75) is 46.6 Å². The third-order valence-corrected chi connectivity index (χ3v) is 7.09. The maximum Gasteiger partial charge on any atom is 0.303 e. The fourth-order valence-electron chi connectivity index (χ4n) is 5.14. The molecule has 4 rings (SSSR count). The summed E-state index contributed by atoms with van der Waals surface area (Å²) >= 11 is 0. The molecule has 200 valence electrons. The minimum absolute atomic E-state index is 0.0286. The maximum absolute atomic E-state index is 13.6. The molecule has 0 spiro atoms. The Morgan fingerprint density at radius 2 is 1.89 bits per heavy atom. The number of carbonyl (C=O) groups is 2. The number of aliphatic carboxylic acids is 1. The fourth-order valence-corrected chi connectivity index (χ4v) is 5.14. The summed E-state index contributed by atoms with van der Waals surface area (Å²) in [5, 5.41) is 14.7. The van der Waals surface area contributed by atoms with Crippen molar-refractivity contribution in [2.24, 2.45) is 0 Å². The highest BCUT2D eigenvalue weighted by Crippen LogP contribution is 2.46. The zero-order chi connectivity index (χ0) is 27.4. The van der Waals surface area contributed by atoms with E-state index in [1.165, 1.54) is 5.57 Å². The first kappa shape index (κ1) is 27.2. The van der Waals surface area contributed by atoms with Gasteiger partial charge in [0, 0.05) is 66.7 Å². The average Bonchev–Trinajstić information content (AvgIpc) is 2.88. The molecule has 2 aromatic rings. The van der Waals surface area contributed by atoms with Crippen molar-refractivity contribution in [1.29, 1.82) is 0 Å². The van der Waals surface area contributed by atoms with E-state index in [0.29, 0.717) is 18.5 Å². The number of quaternary nitrogens is 1. The Labute approximate surface area is 224 Å². The van der Waals surface area contributed by atoms with Crippen LogP contribution in [0.15, 0.2) is 65.5 Å². The number of carbonyl (C=O) groups excluding carboxylic acids is 1. The van der Waals surface area contributed by atoms with Crippen molar-refractivity contribution < 1.29 is 24.7 Å². The second-order valence-corrected chi connectivity index (χ2v) is 9.94. The van der Waals surface area contributed by atoms with E-state index in [4.69, 9.17) is 9.84 Å². The summed E-state index contributed by atoms with van der Waals surface area (Å²) in [5.41, 5.74) is 7.67. The van der Waals surface area contributed by atoms with Crippen molar-refractivity contribution >= 4 is 23.1 Å². The smallest absolute Gasteiger partial charge is 0.303 e. The monoisotopic (exact) mass is 516 g/mol. The first-order chi connectivity index (χ1) is 18.2. The van der Waals surface area contributed by atoms with Crippen LogP contribution in [-0.2, 0) is 4.79 Å². The second kappa shape index (κ2) is 11.7. The number of rotatable bonds is 10. The van der Waals surface area contributed by atoms with Gasteiger partial charge in [0.05, 0.1) is 6.54 Å². The molecule has 1 aliphatic carbocycles. The van der Waals surface area contributed by atoms with Crippen LogP contribution in [0.5, 0.6) is 5.75 Å². The van der Waals surface area contributed by atoms with Crippen LogP contribution in [0.4, 0.5) is 5.69 Å². The molecular weight excluding hydrogens is 478 g/mol. The number of benzene rings is 2. The molecule has 7 nitrogen and oxygen atoms in total. The summed E-state index contributed by atoms with van der Waals surface area (Å²) in [5.74, 6) is 0.571. The lowest BCUT2D eigenvalue weighted by Gasteiger charge is -2.31. The summed E-state index contributed by atoms with van der Waals surface area (Å²) in [6.45, 7) is 10.5. The van der Waals surface area contributed by atoms with Crippen molar-refractivity contribution in [3.05, 3.63) is 87.7 Å². The van der Waals surface area contributed by atoms with Gasteiger partial charge in [0.2, 0.25) is 0 Å². The predicted octanol–water partition coefficient (Wildman–Crippen LogP) is 4.35. The number of anilines is 1. The third-order valence-electron chi connectivity index (χ3n) is 7.09. The minimum atomic E-state index is -0.860. The van der Waals surface area contributed by atoms with E-state index >= 15 is 0 Å². The Kier molecular flexibility index (Phi) is 8.37. The first-order valence-electron chi connectivity index (χ1n) is 13.4. The predicted molar refractivity (Wildman–Crippen MR) is 150 cm³/mol. The van der Waals surface area contributed by atoms with Gasteiger partial charge in [-0.25, -0.2) is 0 Å². The normalized spacial score (nSPS) is 16.1. The molecule has 7 heteroatoms. The van der Waals surface area contributed by atoms with Crippen molar-refractivity contribution in [1.82, 2.24) is 4.90 Å². The molecule has 0 aromatic heterocycles. The van der Waals surface area contributed by atoms with Gasteiger partial charge in [-0.05, 0) is 69.0 Å². The van der Waals surface area contributed by atoms with Gasteiger partial charge >= 0.3 is 5.97 Å². The number of hydrogen-bond acceptors (Lipinski definition) is 4. The number of hydrogen-bond donors (Lipinski definition) is 3. The molecule has 1 atom stereocenters. The van der Waals surface area contributed by atoms with Gasteiger partial charge in [0.1, 0.15) is 17.6 Å². The van der Waals surface area contributed by atoms with E-state index in [1.54, 1.807) is 11.9 Å². The lowest BCUT2D eigenvalue weighted by molar-refractivity contribution is -0.668.